The van der Waals surface area contributed by atoms with Crippen LogP contribution in [0.4, 0.5) is 13.2 Å². The van der Waals surface area contributed by atoms with Gasteiger partial charge in [0.25, 0.3) is 5.79 Å². The minimum atomic E-state index is -4.03. The van der Waals surface area contributed by atoms with Gasteiger partial charge in [-0.2, -0.15) is 13.2 Å². The number of hydrogen-bond acceptors (Lipinski definition) is 3. The van der Waals surface area contributed by atoms with E-state index in [1.54, 1.807) is 0 Å². The standard InChI is InChI=1S/C23H32ClF3O3/c1-2-3-15-29-22(17-28)21(24)19-16-18(12-13-20(19)30-22)11-9-7-5-4-6-8-10-14-23(25,26)27/h12-13,16-17,21H,2-11,14-15H2,1H3. The number of unbranched alkanes of at least 4 members (excludes halogenated alkanes) is 7. The molecule has 0 spiro atoms. The SMILES string of the molecule is CCCCOC1(C=O)Oc2ccc(CCCCCCCCCC(F)(F)F)cc2C1Cl. The maximum Gasteiger partial charge on any atom is 0.389 e. The molecule has 2 unspecified atom stereocenters. The van der Waals surface area contributed by atoms with Gasteiger partial charge in [-0.05, 0) is 37.3 Å². The fourth-order valence-electron chi connectivity index (χ4n) is 3.62. The summed E-state index contributed by atoms with van der Waals surface area (Å²) in [6.07, 6.45) is 4.35. The first-order chi connectivity index (χ1) is 14.3. The van der Waals surface area contributed by atoms with E-state index in [4.69, 9.17) is 21.1 Å². The van der Waals surface area contributed by atoms with E-state index in [9.17, 15) is 18.0 Å². The molecule has 0 bridgehead atoms. The molecule has 1 aromatic rings. The second-order valence-electron chi connectivity index (χ2n) is 7.97. The Morgan fingerprint density at radius 1 is 1.10 bits per heavy atom. The molecule has 0 aliphatic carbocycles. The molecule has 1 aliphatic heterocycles. The molecular formula is C23H32ClF3O3. The van der Waals surface area contributed by atoms with Crippen LogP contribution in [0.5, 0.6) is 5.75 Å². The van der Waals surface area contributed by atoms with Crippen LogP contribution in [-0.4, -0.2) is 24.9 Å². The second-order valence-corrected chi connectivity index (χ2v) is 8.40. The quantitative estimate of drug-likeness (QED) is 0.170. The first-order valence-corrected chi connectivity index (χ1v) is 11.4. The lowest BCUT2D eigenvalue weighted by atomic mass is 10.0. The Bertz CT molecular complexity index is 666. The number of aldehydes is 1. The summed E-state index contributed by atoms with van der Waals surface area (Å²) in [6, 6.07) is 5.81. The number of fused-ring (bicyclic) bond motifs is 1. The third kappa shape index (κ3) is 7.45. The third-order valence-corrected chi connectivity index (χ3v) is 5.92. The number of alkyl halides is 4. The molecule has 1 aromatic carbocycles. The van der Waals surface area contributed by atoms with Gasteiger partial charge < -0.3 is 9.47 Å². The molecule has 0 amide bonds. The van der Waals surface area contributed by atoms with Gasteiger partial charge >= 0.3 is 6.18 Å². The van der Waals surface area contributed by atoms with Gasteiger partial charge in [-0.3, -0.25) is 4.79 Å². The van der Waals surface area contributed by atoms with E-state index < -0.39 is 23.8 Å². The van der Waals surface area contributed by atoms with Crippen LogP contribution >= 0.6 is 11.6 Å². The van der Waals surface area contributed by atoms with Crippen molar-refractivity contribution in [2.45, 2.75) is 94.9 Å². The number of aryl methyl sites for hydroxylation is 1. The van der Waals surface area contributed by atoms with Crippen molar-refractivity contribution in [1.82, 2.24) is 0 Å². The molecule has 1 aliphatic rings. The first-order valence-electron chi connectivity index (χ1n) is 10.9. The number of halogens is 4. The van der Waals surface area contributed by atoms with Crippen molar-refractivity contribution >= 4 is 17.9 Å². The molecule has 2 rings (SSSR count). The normalized spacial score (nSPS) is 20.8. The fraction of sp³-hybridized carbons (Fsp3) is 0.696. The fourth-order valence-corrected chi connectivity index (χ4v) is 3.95. The van der Waals surface area contributed by atoms with E-state index in [-0.39, 0.29) is 6.42 Å². The molecule has 0 saturated heterocycles. The van der Waals surface area contributed by atoms with Crippen molar-refractivity contribution in [2.24, 2.45) is 0 Å². The average molecular weight is 449 g/mol. The molecule has 0 saturated carbocycles. The molecule has 0 N–H and O–H groups in total. The Balaban J connectivity index is 1.72. The number of rotatable bonds is 14. The average Bonchev–Trinajstić information content (AvgIpc) is 2.98. The highest BCUT2D eigenvalue weighted by molar-refractivity contribution is 6.23. The number of hydrogen-bond donors (Lipinski definition) is 0. The van der Waals surface area contributed by atoms with Crippen LogP contribution in [0.3, 0.4) is 0 Å². The summed E-state index contributed by atoms with van der Waals surface area (Å²) in [7, 11) is 0. The minimum Gasteiger partial charge on any atom is -0.453 e. The van der Waals surface area contributed by atoms with Crippen LogP contribution in [-0.2, 0) is 16.0 Å². The van der Waals surface area contributed by atoms with Crippen molar-refractivity contribution in [1.29, 1.82) is 0 Å². The van der Waals surface area contributed by atoms with Gasteiger partial charge in [0.05, 0.1) is 6.61 Å². The maximum absolute atomic E-state index is 12.1. The molecule has 2 atom stereocenters. The molecule has 0 aromatic heterocycles. The van der Waals surface area contributed by atoms with E-state index in [2.05, 4.69) is 0 Å². The predicted molar refractivity (Wildman–Crippen MR) is 112 cm³/mol. The molecular weight excluding hydrogens is 417 g/mol. The molecule has 7 heteroatoms. The Morgan fingerprint density at radius 2 is 1.77 bits per heavy atom. The van der Waals surface area contributed by atoms with E-state index >= 15 is 0 Å². The summed E-state index contributed by atoms with van der Waals surface area (Å²) in [6.45, 7) is 2.45. The van der Waals surface area contributed by atoms with Crippen LogP contribution in [0.2, 0.25) is 0 Å². The Kier molecular flexibility index (Phi) is 9.95. The zero-order chi connectivity index (χ0) is 22.0. The molecule has 3 nitrogen and oxygen atoms in total. The number of carbonyl (C=O) groups is 1. The highest BCUT2D eigenvalue weighted by Crippen LogP contribution is 2.47. The summed E-state index contributed by atoms with van der Waals surface area (Å²) in [5, 5.41) is -0.682. The molecule has 0 radical (unpaired) electrons. The van der Waals surface area contributed by atoms with Crippen LogP contribution in [0, 0.1) is 0 Å². The van der Waals surface area contributed by atoms with Crippen molar-refractivity contribution in [3.05, 3.63) is 29.3 Å². The third-order valence-electron chi connectivity index (χ3n) is 5.39. The molecule has 1 heterocycles. The zero-order valence-electron chi connectivity index (χ0n) is 17.6. The lowest BCUT2D eigenvalue weighted by molar-refractivity contribution is -0.175. The lowest BCUT2D eigenvalue weighted by Crippen LogP contribution is -2.41. The van der Waals surface area contributed by atoms with Gasteiger partial charge in [-0.15, -0.1) is 11.6 Å². The summed E-state index contributed by atoms with van der Waals surface area (Å²) in [5.74, 6) is -0.870. The van der Waals surface area contributed by atoms with Gasteiger partial charge in [0.1, 0.15) is 11.1 Å². The van der Waals surface area contributed by atoms with Crippen LogP contribution in [0.15, 0.2) is 18.2 Å². The first kappa shape index (κ1) is 25.0. The van der Waals surface area contributed by atoms with Crippen LogP contribution < -0.4 is 4.74 Å². The summed E-state index contributed by atoms with van der Waals surface area (Å²) < 4.78 is 47.8. The zero-order valence-corrected chi connectivity index (χ0v) is 18.4. The number of benzene rings is 1. The monoisotopic (exact) mass is 448 g/mol. The summed E-state index contributed by atoms with van der Waals surface area (Å²) in [4.78, 5) is 11.7. The largest absolute Gasteiger partial charge is 0.453 e. The van der Waals surface area contributed by atoms with Gasteiger partial charge in [0, 0.05) is 12.0 Å². The van der Waals surface area contributed by atoms with Crippen LogP contribution in [0.1, 0.15) is 87.6 Å². The maximum atomic E-state index is 12.1. The van der Waals surface area contributed by atoms with Crippen molar-refractivity contribution in [3.63, 3.8) is 0 Å². The lowest BCUT2D eigenvalue weighted by Gasteiger charge is -2.25. The summed E-state index contributed by atoms with van der Waals surface area (Å²) >= 11 is 6.54. The number of ether oxygens (including phenoxy) is 2. The van der Waals surface area contributed by atoms with E-state index in [1.807, 2.05) is 25.1 Å². The van der Waals surface area contributed by atoms with Crippen molar-refractivity contribution < 1.29 is 27.4 Å². The van der Waals surface area contributed by atoms with Gasteiger partial charge in [-0.25, -0.2) is 0 Å². The van der Waals surface area contributed by atoms with Gasteiger partial charge in [0.2, 0.25) is 0 Å². The van der Waals surface area contributed by atoms with Crippen molar-refractivity contribution in [3.8, 4) is 5.75 Å². The predicted octanol–water partition coefficient (Wildman–Crippen LogP) is 7.30. The van der Waals surface area contributed by atoms with Crippen molar-refractivity contribution in [2.75, 3.05) is 6.61 Å². The molecule has 30 heavy (non-hydrogen) atoms. The minimum absolute atomic E-state index is 0.227. The van der Waals surface area contributed by atoms with Crippen LogP contribution in [0.25, 0.3) is 0 Å². The second kappa shape index (κ2) is 11.9. The highest BCUT2D eigenvalue weighted by Gasteiger charge is 2.49. The molecule has 170 valence electrons. The Morgan fingerprint density at radius 3 is 2.40 bits per heavy atom. The van der Waals surface area contributed by atoms with Gasteiger partial charge in [-0.1, -0.05) is 57.6 Å². The Labute approximate surface area is 182 Å². The Hall–Kier alpha value is -1.27. The van der Waals surface area contributed by atoms with E-state index in [0.29, 0.717) is 25.1 Å². The van der Waals surface area contributed by atoms with E-state index in [1.165, 1.54) is 0 Å². The molecule has 0 fully saturated rings. The highest BCUT2D eigenvalue weighted by atomic mass is 35.5. The van der Waals surface area contributed by atoms with Gasteiger partial charge in [0.15, 0.2) is 6.29 Å². The smallest absolute Gasteiger partial charge is 0.389 e. The number of carbonyl (C=O) groups excluding carboxylic acids is 1. The topological polar surface area (TPSA) is 35.5 Å². The summed E-state index contributed by atoms with van der Waals surface area (Å²) in [5.41, 5.74) is 1.91. The van der Waals surface area contributed by atoms with E-state index in [0.717, 1.165) is 62.5 Å².